The normalized spacial score (nSPS) is 26.9. The van der Waals surface area contributed by atoms with Crippen LogP contribution in [0.1, 0.15) is 63.0 Å². The molecule has 0 spiro atoms. The lowest BCUT2D eigenvalue weighted by molar-refractivity contribution is 0.177. The van der Waals surface area contributed by atoms with Crippen LogP contribution >= 0.6 is 0 Å². The molecule has 1 N–H and O–H groups in total. The van der Waals surface area contributed by atoms with Gasteiger partial charge in [0.2, 0.25) is 0 Å². The Balaban J connectivity index is 1.39. The lowest BCUT2D eigenvalue weighted by Crippen LogP contribution is -2.48. The highest BCUT2D eigenvalue weighted by Gasteiger charge is 2.38. The molecule has 0 aromatic carbocycles. The fraction of sp³-hybridized carbons (Fsp3) is 0.889. The Morgan fingerprint density at radius 1 is 1.13 bits per heavy atom. The molecule has 5 nitrogen and oxygen atoms in total. The molecule has 5 heteroatoms. The van der Waals surface area contributed by atoms with Crippen molar-refractivity contribution in [3.63, 3.8) is 0 Å². The van der Waals surface area contributed by atoms with Crippen molar-refractivity contribution < 1.29 is 4.74 Å². The standard InChI is InChI=1S/C18H30N4O/c1-23-12-16-20-17-10-9-15(11-22(17)21-16)19-18(14-7-8-14)13-5-3-2-4-6-13/h13-15,18-19H,2-12H2,1H3. The SMILES string of the molecule is COCc1nc2n(n1)CC(NC(C1CCCCC1)C1CC1)CC2. The van der Waals surface area contributed by atoms with Crippen LogP contribution in [0.5, 0.6) is 0 Å². The van der Waals surface area contributed by atoms with E-state index in [2.05, 4.69) is 20.1 Å². The average Bonchev–Trinajstić information content (AvgIpc) is 3.34. The molecule has 0 amide bonds. The molecule has 23 heavy (non-hydrogen) atoms. The summed E-state index contributed by atoms with van der Waals surface area (Å²) in [5.41, 5.74) is 0. The molecule has 3 aliphatic rings. The highest BCUT2D eigenvalue weighted by atomic mass is 16.5. The van der Waals surface area contributed by atoms with Crippen LogP contribution in [0.3, 0.4) is 0 Å². The second kappa shape index (κ2) is 6.89. The van der Waals surface area contributed by atoms with Crippen LogP contribution in [0, 0.1) is 11.8 Å². The predicted octanol–water partition coefficient (Wildman–Crippen LogP) is 2.69. The zero-order valence-electron chi connectivity index (χ0n) is 14.3. The van der Waals surface area contributed by atoms with Gasteiger partial charge < -0.3 is 10.1 Å². The van der Waals surface area contributed by atoms with Crippen molar-refractivity contribution in [2.75, 3.05) is 7.11 Å². The van der Waals surface area contributed by atoms with Crippen molar-refractivity contribution in [3.05, 3.63) is 11.6 Å². The summed E-state index contributed by atoms with van der Waals surface area (Å²) in [7, 11) is 1.70. The molecule has 2 unspecified atom stereocenters. The highest BCUT2D eigenvalue weighted by molar-refractivity contribution is 5.00. The summed E-state index contributed by atoms with van der Waals surface area (Å²) in [6.07, 6.45) is 12.3. The summed E-state index contributed by atoms with van der Waals surface area (Å²) in [4.78, 5) is 4.59. The predicted molar refractivity (Wildman–Crippen MR) is 89.1 cm³/mol. The van der Waals surface area contributed by atoms with Crippen molar-refractivity contribution >= 4 is 0 Å². The summed E-state index contributed by atoms with van der Waals surface area (Å²) in [5.74, 6) is 3.82. The van der Waals surface area contributed by atoms with E-state index in [-0.39, 0.29) is 0 Å². The molecule has 2 fully saturated rings. The molecule has 1 aromatic heterocycles. The van der Waals surface area contributed by atoms with E-state index in [4.69, 9.17) is 4.74 Å². The first kappa shape index (κ1) is 15.6. The van der Waals surface area contributed by atoms with E-state index in [1.54, 1.807) is 7.11 Å². The van der Waals surface area contributed by atoms with Gasteiger partial charge in [-0.15, -0.1) is 0 Å². The number of hydrogen-bond acceptors (Lipinski definition) is 4. The van der Waals surface area contributed by atoms with Crippen LogP contribution in [0.15, 0.2) is 0 Å². The topological polar surface area (TPSA) is 52.0 Å². The van der Waals surface area contributed by atoms with Gasteiger partial charge >= 0.3 is 0 Å². The van der Waals surface area contributed by atoms with Gasteiger partial charge in [0.05, 0.1) is 6.54 Å². The van der Waals surface area contributed by atoms with Crippen LogP contribution < -0.4 is 5.32 Å². The van der Waals surface area contributed by atoms with Gasteiger partial charge in [0.15, 0.2) is 5.82 Å². The number of methoxy groups -OCH3 is 1. The molecule has 128 valence electrons. The van der Waals surface area contributed by atoms with Crippen molar-refractivity contribution in [3.8, 4) is 0 Å². The Labute approximate surface area is 139 Å². The first-order chi connectivity index (χ1) is 11.3. The van der Waals surface area contributed by atoms with Crippen molar-refractivity contribution in [2.45, 2.75) is 83.0 Å². The number of aromatic nitrogens is 3. The molecule has 2 heterocycles. The minimum absolute atomic E-state index is 0.519. The average molecular weight is 318 g/mol. The van der Waals surface area contributed by atoms with E-state index in [0.717, 1.165) is 42.5 Å². The molecule has 2 aliphatic carbocycles. The fourth-order valence-electron chi connectivity index (χ4n) is 4.56. The van der Waals surface area contributed by atoms with E-state index < -0.39 is 0 Å². The van der Waals surface area contributed by atoms with Gasteiger partial charge in [0.25, 0.3) is 0 Å². The molecule has 2 saturated carbocycles. The molecule has 4 rings (SSSR count). The number of hydrogen-bond donors (Lipinski definition) is 1. The maximum absolute atomic E-state index is 5.16. The van der Waals surface area contributed by atoms with E-state index in [1.165, 1.54) is 51.4 Å². The molecular formula is C18H30N4O. The second-order valence-electron chi connectivity index (χ2n) is 7.72. The number of nitrogens with one attached hydrogen (secondary N) is 1. The van der Waals surface area contributed by atoms with E-state index >= 15 is 0 Å². The molecule has 0 saturated heterocycles. The monoisotopic (exact) mass is 318 g/mol. The van der Waals surface area contributed by atoms with Crippen molar-refractivity contribution in [1.29, 1.82) is 0 Å². The van der Waals surface area contributed by atoms with Gasteiger partial charge in [-0.3, -0.25) is 0 Å². The van der Waals surface area contributed by atoms with Crippen LogP contribution in [0.25, 0.3) is 0 Å². The largest absolute Gasteiger partial charge is 0.377 e. The van der Waals surface area contributed by atoms with E-state index in [9.17, 15) is 0 Å². The lowest BCUT2D eigenvalue weighted by Gasteiger charge is -2.35. The Morgan fingerprint density at radius 2 is 1.91 bits per heavy atom. The summed E-state index contributed by atoms with van der Waals surface area (Å²) in [6, 6.07) is 1.32. The smallest absolute Gasteiger partial charge is 0.176 e. The van der Waals surface area contributed by atoms with Crippen molar-refractivity contribution in [1.82, 2.24) is 20.1 Å². The second-order valence-corrected chi connectivity index (χ2v) is 7.72. The molecule has 1 aliphatic heterocycles. The summed E-state index contributed by atoms with van der Waals surface area (Å²) >= 11 is 0. The molecule has 0 radical (unpaired) electrons. The Bertz CT molecular complexity index is 519. The number of nitrogens with zero attached hydrogens (tertiary/aromatic N) is 3. The highest BCUT2D eigenvalue weighted by Crippen LogP contribution is 2.40. The summed E-state index contributed by atoms with van der Waals surface area (Å²) in [6.45, 7) is 1.49. The minimum atomic E-state index is 0.519. The van der Waals surface area contributed by atoms with Crippen LogP contribution in [0.2, 0.25) is 0 Å². The molecule has 1 aromatic rings. The number of ether oxygens (including phenoxy) is 1. The van der Waals surface area contributed by atoms with Gasteiger partial charge in [-0.2, -0.15) is 5.10 Å². The van der Waals surface area contributed by atoms with Crippen molar-refractivity contribution in [2.24, 2.45) is 11.8 Å². The van der Waals surface area contributed by atoms with Gasteiger partial charge in [0.1, 0.15) is 12.4 Å². The van der Waals surface area contributed by atoms with Crippen LogP contribution in [0.4, 0.5) is 0 Å². The first-order valence-corrected chi connectivity index (χ1v) is 9.51. The third-order valence-corrected chi connectivity index (χ3v) is 5.89. The Kier molecular flexibility index (Phi) is 4.67. The Hall–Kier alpha value is -0.940. The number of aryl methyl sites for hydroxylation is 1. The van der Waals surface area contributed by atoms with Crippen LogP contribution in [-0.4, -0.2) is 34.0 Å². The molecule has 0 bridgehead atoms. The third kappa shape index (κ3) is 3.61. The molecule has 2 atom stereocenters. The number of fused-ring (bicyclic) bond motifs is 1. The van der Waals surface area contributed by atoms with Gasteiger partial charge in [-0.25, -0.2) is 9.67 Å². The maximum atomic E-state index is 5.16. The van der Waals surface area contributed by atoms with E-state index in [0.29, 0.717) is 12.6 Å². The zero-order valence-corrected chi connectivity index (χ0v) is 14.3. The Morgan fingerprint density at radius 3 is 2.65 bits per heavy atom. The maximum Gasteiger partial charge on any atom is 0.176 e. The van der Waals surface area contributed by atoms with E-state index in [1.807, 2.05) is 0 Å². The third-order valence-electron chi connectivity index (χ3n) is 5.89. The van der Waals surface area contributed by atoms with Gasteiger partial charge in [-0.1, -0.05) is 19.3 Å². The minimum Gasteiger partial charge on any atom is -0.377 e. The summed E-state index contributed by atoms with van der Waals surface area (Å²) in [5, 5.41) is 8.66. The van der Waals surface area contributed by atoms with Crippen LogP contribution in [-0.2, 0) is 24.3 Å². The fourth-order valence-corrected chi connectivity index (χ4v) is 4.56. The molecular weight excluding hydrogens is 288 g/mol. The zero-order chi connectivity index (χ0) is 15.6. The summed E-state index contributed by atoms with van der Waals surface area (Å²) < 4.78 is 7.27. The lowest BCUT2D eigenvalue weighted by atomic mass is 9.81. The quantitative estimate of drug-likeness (QED) is 0.876. The van der Waals surface area contributed by atoms with Gasteiger partial charge in [0, 0.05) is 25.6 Å². The van der Waals surface area contributed by atoms with Gasteiger partial charge in [-0.05, 0) is 43.9 Å². The first-order valence-electron chi connectivity index (χ1n) is 9.51. The number of rotatable bonds is 6.